The smallest absolute Gasteiger partial charge is 0.344 e. The number of benzene rings is 3. The monoisotopic (exact) mass is 495 g/mol. The van der Waals surface area contributed by atoms with Crippen molar-refractivity contribution in [3.8, 4) is 11.1 Å². The average Bonchev–Trinajstić information content (AvgIpc) is 2.93. The van der Waals surface area contributed by atoms with E-state index in [4.69, 9.17) is 4.42 Å². The molecule has 2 heterocycles. The maximum Gasteiger partial charge on any atom is 0.344 e. The highest BCUT2D eigenvalue weighted by Crippen LogP contribution is 2.24. The Kier molecular flexibility index (Phi) is 6.77. The number of para-hydroxylation sites is 1. The first-order valence-electron chi connectivity index (χ1n) is 12.5. The molecule has 37 heavy (non-hydrogen) atoms. The molecule has 0 radical (unpaired) electrons. The number of piperazine rings is 1. The molecule has 1 aliphatic heterocycles. The van der Waals surface area contributed by atoms with E-state index in [-0.39, 0.29) is 17.7 Å². The molecule has 0 spiro atoms. The molecular weight excluding hydrogens is 466 g/mol. The van der Waals surface area contributed by atoms with Gasteiger partial charge in [0.25, 0.3) is 5.91 Å². The molecule has 0 unspecified atom stereocenters. The van der Waals surface area contributed by atoms with E-state index in [1.807, 2.05) is 61.2 Å². The highest BCUT2D eigenvalue weighted by Gasteiger charge is 2.23. The molecule has 7 nitrogen and oxygen atoms in total. The number of rotatable bonds is 5. The lowest BCUT2D eigenvalue weighted by molar-refractivity contribution is -0.134. The molecule has 0 aliphatic carbocycles. The molecule has 1 saturated heterocycles. The quantitative estimate of drug-likeness (QED) is 0.393. The van der Waals surface area contributed by atoms with Crippen LogP contribution in [0.3, 0.4) is 0 Å². The zero-order valence-electron chi connectivity index (χ0n) is 20.9. The second-order valence-electron chi connectivity index (χ2n) is 9.53. The van der Waals surface area contributed by atoms with Crippen molar-refractivity contribution in [2.45, 2.75) is 13.8 Å². The van der Waals surface area contributed by atoms with Crippen molar-refractivity contribution >= 4 is 34.2 Å². The Morgan fingerprint density at radius 3 is 2.32 bits per heavy atom. The summed E-state index contributed by atoms with van der Waals surface area (Å²) in [6.07, 6.45) is 0. The highest BCUT2D eigenvalue weighted by atomic mass is 16.4. The van der Waals surface area contributed by atoms with Gasteiger partial charge < -0.3 is 19.5 Å². The zero-order chi connectivity index (χ0) is 25.9. The molecule has 4 aromatic rings. The van der Waals surface area contributed by atoms with Crippen LogP contribution in [0.2, 0.25) is 0 Å². The Morgan fingerprint density at radius 1 is 0.865 bits per heavy atom. The van der Waals surface area contributed by atoms with E-state index in [0.717, 1.165) is 24.2 Å². The van der Waals surface area contributed by atoms with Crippen LogP contribution < -0.4 is 15.8 Å². The molecule has 188 valence electrons. The summed E-state index contributed by atoms with van der Waals surface area (Å²) in [5.41, 5.74) is 3.30. The molecule has 7 heteroatoms. The van der Waals surface area contributed by atoms with E-state index in [2.05, 4.69) is 10.2 Å². The maximum absolute atomic E-state index is 13.0. The van der Waals surface area contributed by atoms with Gasteiger partial charge in [0.05, 0.1) is 5.56 Å². The molecular formula is C30H29N3O4. The molecule has 0 saturated carbocycles. The second-order valence-corrected chi connectivity index (χ2v) is 9.53. The summed E-state index contributed by atoms with van der Waals surface area (Å²) in [5, 5.41) is 3.75. The predicted octanol–water partition coefficient (Wildman–Crippen LogP) is 5.02. The van der Waals surface area contributed by atoms with E-state index in [0.29, 0.717) is 41.1 Å². The zero-order valence-corrected chi connectivity index (χ0v) is 20.9. The third-order valence-electron chi connectivity index (χ3n) is 6.65. The summed E-state index contributed by atoms with van der Waals surface area (Å²) >= 11 is 0. The lowest BCUT2D eigenvalue weighted by atomic mass is 10.0. The summed E-state index contributed by atoms with van der Waals surface area (Å²) in [6.45, 7) is 6.83. The average molecular weight is 496 g/mol. The van der Waals surface area contributed by atoms with Crippen molar-refractivity contribution < 1.29 is 14.0 Å². The lowest BCUT2D eigenvalue weighted by Gasteiger charge is -2.37. The van der Waals surface area contributed by atoms with Gasteiger partial charge in [0.2, 0.25) is 5.91 Å². The first-order chi connectivity index (χ1) is 17.9. The van der Waals surface area contributed by atoms with Gasteiger partial charge >= 0.3 is 5.63 Å². The summed E-state index contributed by atoms with van der Waals surface area (Å²) in [5.74, 6) is -0.0519. The number of nitrogens with one attached hydrogen (secondary N) is 1. The van der Waals surface area contributed by atoms with Crippen molar-refractivity contribution in [2.24, 2.45) is 5.92 Å². The third kappa shape index (κ3) is 5.26. The van der Waals surface area contributed by atoms with Gasteiger partial charge in [0, 0.05) is 54.4 Å². The van der Waals surface area contributed by atoms with E-state index >= 15 is 0 Å². The number of hydrogen-bond acceptors (Lipinski definition) is 5. The minimum absolute atomic E-state index is 0.0140. The van der Waals surface area contributed by atoms with Gasteiger partial charge in [-0.2, -0.15) is 0 Å². The number of carbonyl (C=O) groups is 2. The number of hydrogen-bond donors (Lipinski definition) is 1. The molecule has 5 rings (SSSR count). The SMILES string of the molecule is CC(C)C(=O)N1CCN(c2ccc(NC(=O)c3cccc(-c4cc5ccccc5oc4=O)c3)cc2)CC1. The number of fused-ring (bicyclic) bond motifs is 1. The van der Waals surface area contributed by atoms with E-state index in [1.165, 1.54) is 0 Å². The maximum atomic E-state index is 13.0. The largest absolute Gasteiger partial charge is 0.422 e. The van der Waals surface area contributed by atoms with Crippen LogP contribution in [0, 0.1) is 5.92 Å². The minimum atomic E-state index is -0.443. The number of carbonyl (C=O) groups excluding carboxylic acids is 2. The minimum Gasteiger partial charge on any atom is -0.422 e. The van der Waals surface area contributed by atoms with Crippen molar-refractivity contribution in [2.75, 3.05) is 36.4 Å². The second kappa shape index (κ2) is 10.3. The van der Waals surface area contributed by atoms with E-state index in [1.54, 1.807) is 36.4 Å². The highest BCUT2D eigenvalue weighted by molar-refractivity contribution is 6.05. The molecule has 3 aromatic carbocycles. The number of nitrogens with zero attached hydrogens (tertiary/aromatic N) is 2. The van der Waals surface area contributed by atoms with Crippen molar-refractivity contribution in [1.29, 1.82) is 0 Å². The Morgan fingerprint density at radius 2 is 1.59 bits per heavy atom. The normalized spacial score (nSPS) is 13.7. The topological polar surface area (TPSA) is 82.9 Å². The van der Waals surface area contributed by atoms with Crippen LogP contribution in [0.25, 0.3) is 22.1 Å². The first-order valence-corrected chi connectivity index (χ1v) is 12.5. The van der Waals surface area contributed by atoms with Gasteiger partial charge in [-0.15, -0.1) is 0 Å². The molecule has 0 bridgehead atoms. The van der Waals surface area contributed by atoms with Crippen LogP contribution >= 0.6 is 0 Å². The van der Waals surface area contributed by atoms with Gasteiger partial charge in [-0.1, -0.05) is 44.2 Å². The van der Waals surface area contributed by atoms with Gasteiger partial charge in [-0.25, -0.2) is 4.79 Å². The van der Waals surface area contributed by atoms with Gasteiger partial charge in [0.15, 0.2) is 0 Å². The van der Waals surface area contributed by atoms with Gasteiger partial charge in [-0.05, 0) is 54.1 Å². The molecule has 0 atom stereocenters. The summed E-state index contributed by atoms with van der Waals surface area (Å²) in [6, 6.07) is 23.8. The van der Waals surface area contributed by atoms with Crippen LogP contribution in [-0.2, 0) is 4.79 Å². The summed E-state index contributed by atoms with van der Waals surface area (Å²) in [4.78, 5) is 41.9. The standard InChI is InChI=1S/C30H29N3O4/c1-20(2)29(35)33-16-14-32(15-17-33)25-12-10-24(11-13-25)31-28(34)23-8-5-7-21(18-23)26-19-22-6-3-4-9-27(22)37-30(26)36/h3-13,18-20H,14-17H2,1-2H3,(H,31,34). The number of anilines is 2. The fraction of sp³-hybridized carbons (Fsp3) is 0.233. The first kappa shape index (κ1) is 24.3. The predicted molar refractivity (Wildman–Crippen MR) is 146 cm³/mol. The molecule has 2 amide bonds. The van der Waals surface area contributed by atoms with Crippen LogP contribution in [0.4, 0.5) is 11.4 Å². The third-order valence-corrected chi connectivity index (χ3v) is 6.65. The molecule has 1 aliphatic rings. The Labute approximate surface area is 215 Å². The van der Waals surface area contributed by atoms with Gasteiger partial charge in [0.1, 0.15) is 5.58 Å². The fourth-order valence-electron chi connectivity index (χ4n) is 4.60. The summed E-state index contributed by atoms with van der Waals surface area (Å²) < 4.78 is 5.45. The fourth-order valence-corrected chi connectivity index (χ4v) is 4.60. The van der Waals surface area contributed by atoms with Crippen LogP contribution in [0.1, 0.15) is 24.2 Å². The Hall–Kier alpha value is -4.39. The van der Waals surface area contributed by atoms with Crippen LogP contribution in [0.5, 0.6) is 0 Å². The van der Waals surface area contributed by atoms with E-state index < -0.39 is 5.63 Å². The van der Waals surface area contributed by atoms with Crippen molar-refractivity contribution in [3.05, 3.63) is 94.8 Å². The van der Waals surface area contributed by atoms with Crippen LogP contribution in [-0.4, -0.2) is 42.9 Å². The van der Waals surface area contributed by atoms with Gasteiger partial charge in [-0.3, -0.25) is 9.59 Å². The van der Waals surface area contributed by atoms with Crippen LogP contribution in [0.15, 0.2) is 88.1 Å². The Balaban J connectivity index is 1.26. The summed E-state index contributed by atoms with van der Waals surface area (Å²) in [7, 11) is 0. The molecule has 1 fully saturated rings. The molecule has 1 N–H and O–H groups in total. The lowest BCUT2D eigenvalue weighted by Crippen LogP contribution is -2.49. The van der Waals surface area contributed by atoms with Crippen molar-refractivity contribution in [3.63, 3.8) is 0 Å². The Bertz CT molecular complexity index is 1500. The van der Waals surface area contributed by atoms with Crippen molar-refractivity contribution in [1.82, 2.24) is 4.90 Å². The number of amides is 2. The van der Waals surface area contributed by atoms with E-state index in [9.17, 15) is 14.4 Å². The molecule has 1 aromatic heterocycles.